The minimum Gasteiger partial charge on any atom is -0.372 e. The van der Waals surface area contributed by atoms with E-state index in [9.17, 15) is 9.18 Å². The highest BCUT2D eigenvalue weighted by molar-refractivity contribution is 6.31. The van der Waals surface area contributed by atoms with Gasteiger partial charge in [0.15, 0.2) is 0 Å². The minimum atomic E-state index is -0.511. The molecule has 0 aliphatic rings. The highest BCUT2D eigenvalue weighted by Gasteiger charge is 2.10. The van der Waals surface area contributed by atoms with Gasteiger partial charge in [0.2, 0.25) is 12.8 Å². The molecule has 0 aliphatic carbocycles. The molecule has 0 saturated heterocycles. The van der Waals surface area contributed by atoms with Crippen LogP contribution in [0.15, 0.2) is 36.4 Å². The molecule has 172 valence electrons. The summed E-state index contributed by atoms with van der Waals surface area (Å²) in [7, 11) is 0. The number of amides is 2. The smallest absolute Gasteiger partial charge is 0.211 e. The number of primary amides is 1. The second kappa shape index (κ2) is 14.8. The quantitative estimate of drug-likeness (QED) is 0.449. The maximum absolute atomic E-state index is 13.6. The summed E-state index contributed by atoms with van der Waals surface area (Å²) in [6.07, 6.45) is 0.793. The lowest BCUT2D eigenvalue weighted by atomic mass is 10.0. The first-order chi connectivity index (χ1) is 14.4. The van der Waals surface area contributed by atoms with Gasteiger partial charge in [-0.15, -0.1) is 0 Å². The molecular formula is C23H32Cl2FN3O2. The number of rotatable bonds is 7. The van der Waals surface area contributed by atoms with Gasteiger partial charge in [-0.05, 0) is 46.7 Å². The summed E-state index contributed by atoms with van der Waals surface area (Å²) in [5, 5.41) is 6.47. The van der Waals surface area contributed by atoms with Crippen LogP contribution in [0.5, 0.6) is 0 Å². The first-order valence-electron chi connectivity index (χ1n) is 9.72. The molecule has 31 heavy (non-hydrogen) atoms. The Morgan fingerprint density at radius 2 is 1.71 bits per heavy atom. The SMILES string of the molecule is CC(C)(C)C.CC(CNCc1cc(F)c(Cl)cc1NC=O)c1cccc(Cl)c1.NC=O. The largest absolute Gasteiger partial charge is 0.372 e. The van der Waals surface area contributed by atoms with Gasteiger partial charge >= 0.3 is 0 Å². The Morgan fingerprint density at radius 3 is 2.23 bits per heavy atom. The van der Waals surface area contributed by atoms with E-state index in [1.54, 1.807) is 0 Å². The van der Waals surface area contributed by atoms with E-state index in [4.69, 9.17) is 28.0 Å². The van der Waals surface area contributed by atoms with Crippen molar-refractivity contribution in [2.45, 2.75) is 47.1 Å². The molecule has 0 aromatic heterocycles. The molecule has 0 heterocycles. The first-order valence-corrected chi connectivity index (χ1v) is 10.5. The van der Waals surface area contributed by atoms with Gasteiger partial charge in [0, 0.05) is 23.8 Å². The second-order valence-corrected chi connectivity index (χ2v) is 9.25. The monoisotopic (exact) mass is 471 g/mol. The van der Waals surface area contributed by atoms with E-state index < -0.39 is 5.82 Å². The summed E-state index contributed by atoms with van der Waals surface area (Å²) < 4.78 is 13.6. The van der Waals surface area contributed by atoms with Crippen LogP contribution < -0.4 is 16.4 Å². The van der Waals surface area contributed by atoms with E-state index in [2.05, 4.69) is 51.0 Å². The van der Waals surface area contributed by atoms with Crippen LogP contribution in [0.3, 0.4) is 0 Å². The summed E-state index contributed by atoms with van der Waals surface area (Å²) >= 11 is 11.7. The van der Waals surface area contributed by atoms with Gasteiger partial charge in [0.1, 0.15) is 5.82 Å². The fourth-order valence-corrected chi connectivity index (χ4v) is 2.65. The van der Waals surface area contributed by atoms with E-state index in [1.807, 2.05) is 24.3 Å². The third kappa shape index (κ3) is 13.7. The van der Waals surface area contributed by atoms with E-state index >= 15 is 0 Å². The fourth-order valence-electron chi connectivity index (χ4n) is 2.29. The van der Waals surface area contributed by atoms with Crippen molar-refractivity contribution in [2.24, 2.45) is 11.1 Å². The zero-order valence-corrected chi connectivity index (χ0v) is 20.1. The van der Waals surface area contributed by atoms with Crippen LogP contribution in [0.4, 0.5) is 10.1 Å². The Hall–Kier alpha value is -2.15. The number of carbonyl (C=O) groups is 2. The Labute approximate surface area is 194 Å². The maximum atomic E-state index is 13.6. The normalized spacial score (nSPS) is 11.2. The number of nitrogens with two attached hydrogens (primary N) is 1. The number of nitrogens with one attached hydrogen (secondary N) is 2. The lowest BCUT2D eigenvalue weighted by molar-refractivity contribution is -0.107. The van der Waals surface area contributed by atoms with Crippen LogP contribution in [0, 0.1) is 11.2 Å². The molecule has 0 bridgehead atoms. The number of anilines is 1. The van der Waals surface area contributed by atoms with Crippen LogP contribution in [0.1, 0.15) is 51.7 Å². The van der Waals surface area contributed by atoms with Gasteiger partial charge < -0.3 is 16.4 Å². The molecule has 2 amide bonds. The average molecular weight is 472 g/mol. The van der Waals surface area contributed by atoms with Crippen molar-refractivity contribution in [2.75, 3.05) is 11.9 Å². The molecule has 1 unspecified atom stereocenters. The van der Waals surface area contributed by atoms with E-state index in [0.717, 1.165) is 5.56 Å². The van der Waals surface area contributed by atoms with Crippen LogP contribution >= 0.6 is 23.2 Å². The van der Waals surface area contributed by atoms with Gasteiger partial charge in [-0.25, -0.2) is 4.39 Å². The lowest BCUT2D eigenvalue weighted by Gasteiger charge is -2.15. The van der Waals surface area contributed by atoms with Crippen molar-refractivity contribution < 1.29 is 14.0 Å². The number of benzene rings is 2. The number of halogens is 3. The van der Waals surface area contributed by atoms with Gasteiger partial charge in [0.25, 0.3) is 0 Å². The molecule has 0 radical (unpaired) electrons. The van der Waals surface area contributed by atoms with Crippen molar-refractivity contribution in [3.63, 3.8) is 0 Å². The molecule has 4 N–H and O–H groups in total. The molecule has 2 rings (SSSR count). The number of hydrogen-bond acceptors (Lipinski definition) is 3. The summed E-state index contributed by atoms with van der Waals surface area (Å²) in [5.74, 6) is -0.267. The summed E-state index contributed by atoms with van der Waals surface area (Å²) in [4.78, 5) is 19.2. The molecule has 0 fully saturated rings. The maximum Gasteiger partial charge on any atom is 0.211 e. The third-order valence-corrected chi connectivity index (χ3v) is 4.07. The molecule has 8 heteroatoms. The van der Waals surface area contributed by atoms with Crippen molar-refractivity contribution in [3.8, 4) is 0 Å². The molecular weight excluding hydrogens is 440 g/mol. The van der Waals surface area contributed by atoms with Crippen molar-refractivity contribution in [3.05, 3.63) is 63.4 Å². The Bertz CT molecular complexity index is 821. The molecule has 0 aliphatic heterocycles. The van der Waals surface area contributed by atoms with Gasteiger partial charge in [0.05, 0.1) is 5.02 Å². The van der Waals surface area contributed by atoms with Crippen LogP contribution in [-0.4, -0.2) is 19.4 Å². The standard InChI is InChI=1S/C17H17Cl2FN2O.C5H12.CH3NO/c1-11(12-3-2-4-14(18)5-12)8-21-9-13-6-16(20)15(19)7-17(13)22-10-23;1-5(2,3)4;2-1-3/h2-7,10-11,21H,8-9H2,1H3,(H,22,23);1-4H3;1H,(H2,2,3). The van der Waals surface area contributed by atoms with Crippen LogP contribution in [-0.2, 0) is 16.1 Å². The third-order valence-electron chi connectivity index (χ3n) is 3.54. The predicted octanol–water partition coefficient (Wildman–Crippen LogP) is 5.75. The lowest BCUT2D eigenvalue weighted by Crippen LogP contribution is -2.20. The fraction of sp³-hybridized carbons (Fsp3) is 0.391. The molecule has 2 aromatic carbocycles. The van der Waals surface area contributed by atoms with Crippen molar-refractivity contribution in [1.82, 2.24) is 5.32 Å². The first kappa shape index (κ1) is 28.9. The van der Waals surface area contributed by atoms with Crippen molar-refractivity contribution >= 4 is 41.7 Å². The zero-order valence-electron chi connectivity index (χ0n) is 18.6. The molecule has 0 saturated carbocycles. The summed E-state index contributed by atoms with van der Waals surface area (Å²) in [6.45, 7) is 11.9. The second-order valence-electron chi connectivity index (χ2n) is 8.41. The minimum absolute atomic E-state index is 0.0228. The highest BCUT2D eigenvalue weighted by atomic mass is 35.5. The average Bonchev–Trinajstić information content (AvgIpc) is 2.65. The van der Waals surface area contributed by atoms with E-state index in [0.29, 0.717) is 41.2 Å². The molecule has 0 spiro atoms. The van der Waals surface area contributed by atoms with Crippen LogP contribution in [0.25, 0.3) is 0 Å². The van der Waals surface area contributed by atoms with E-state index in [1.165, 1.54) is 12.1 Å². The zero-order chi connectivity index (χ0) is 24.0. The summed E-state index contributed by atoms with van der Waals surface area (Å²) in [5.41, 5.74) is 6.92. The Balaban J connectivity index is 0.000000968. The predicted molar refractivity (Wildman–Crippen MR) is 128 cm³/mol. The van der Waals surface area contributed by atoms with Gasteiger partial charge in [-0.1, -0.05) is 70.0 Å². The van der Waals surface area contributed by atoms with Crippen molar-refractivity contribution in [1.29, 1.82) is 0 Å². The summed E-state index contributed by atoms with van der Waals surface area (Å²) in [6, 6.07) is 10.4. The molecule has 5 nitrogen and oxygen atoms in total. The Morgan fingerprint density at radius 1 is 1.13 bits per heavy atom. The molecule has 1 atom stereocenters. The topological polar surface area (TPSA) is 84.2 Å². The number of hydrogen-bond donors (Lipinski definition) is 3. The molecule has 2 aromatic rings. The number of carbonyl (C=O) groups excluding carboxylic acids is 2. The highest BCUT2D eigenvalue weighted by Crippen LogP contribution is 2.24. The van der Waals surface area contributed by atoms with Gasteiger partial charge in [-0.3, -0.25) is 9.59 Å². The van der Waals surface area contributed by atoms with Crippen LogP contribution in [0.2, 0.25) is 10.0 Å². The van der Waals surface area contributed by atoms with E-state index in [-0.39, 0.29) is 17.4 Å². The van der Waals surface area contributed by atoms with Gasteiger partial charge in [-0.2, -0.15) is 0 Å². The Kier molecular flexibility index (Phi) is 13.8.